The van der Waals surface area contributed by atoms with Gasteiger partial charge in [0.15, 0.2) is 10.9 Å². The van der Waals surface area contributed by atoms with Crippen LogP contribution in [-0.4, -0.2) is 20.6 Å². The van der Waals surface area contributed by atoms with Crippen LogP contribution in [0.25, 0.3) is 11.5 Å². The van der Waals surface area contributed by atoms with Gasteiger partial charge in [-0.1, -0.05) is 35.1 Å². The number of hydrogen-bond acceptors (Lipinski definition) is 6. The van der Waals surface area contributed by atoms with Crippen molar-refractivity contribution in [3.05, 3.63) is 51.9 Å². The quantitative estimate of drug-likeness (QED) is 0.466. The number of thiazole rings is 1. The van der Waals surface area contributed by atoms with Crippen molar-refractivity contribution in [1.29, 1.82) is 0 Å². The first-order valence-corrected chi connectivity index (χ1v) is 9.30. The fourth-order valence-electron chi connectivity index (χ4n) is 2.04. The number of aromatic nitrogens is 1. The maximum atomic E-state index is 12.7. The summed E-state index contributed by atoms with van der Waals surface area (Å²) in [5, 5.41) is 0.394. The minimum absolute atomic E-state index is 0.0386. The number of carbonyl (C=O) groups is 1. The number of halogens is 1. The molecule has 3 rings (SSSR count). The van der Waals surface area contributed by atoms with E-state index in [1.165, 1.54) is 6.07 Å². The maximum Gasteiger partial charge on any atom is 0.391 e. The van der Waals surface area contributed by atoms with Gasteiger partial charge in [0.2, 0.25) is 11.3 Å². The van der Waals surface area contributed by atoms with E-state index in [9.17, 15) is 9.36 Å². The zero-order valence-electron chi connectivity index (χ0n) is 11.8. The predicted octanol–water partition coefficient (Wildman–Crippen LogP) is 2.67. The zero-order valence-corrected chi connectivity index (χ0v) is 14.3. The summed E-state index contributed by atoms with van der Waals surface area (Å²) >= 11 is 6.99. The summed E-state index contributed by atoms with van der Waals surface area (Å²) in [6, 6.07) is 8.97. The SMILES string of the molecule is Nc1nc(-c2ccc(P(=O)(O)O)o2)c(C(=O)c2ccccc2Cl)s1. The number of nitrogens with two attached hydrogens (primary N) is 1. The molecule has 124 valence electrons. The van der Waals surface area contributed by atoms with Crippen molar-refractivity contribution in [2.24, 2.45) is 0 Å². The molecule has 0 saturated heterocycles. The van der Waals surface area contributed by atoms with Crippen LogP contribution in [0, 0.1) is 0 Å². The Morgan fingerprint density at radius 1 is 1.25 bits per heavy atom. The standard InChI is InChI=1S/C14H10ClN2O5PS/c15-8-4-2-1-3-7(8)12(18)13-11(17-14(16)24-13)9-5-6-10(22-9)23(19,20)21/h1-6H,(H2,16,17)(H2,19,20,21). The fourth-order valence-corrected chi connectivity index (χ4v) is 3.54. The van der Waals surface area contributed by atoms with Crippen molar-refractivity contribution >= 4 is 46.9 Å². The smallest absolute Gasteiger partial charge is 0.391 e. The Labute approximate surface area is 144 Å². The highest BCUT2D eigenvalue weighted by atomic mass is 35.5. The van der Waals surface area contributed by atoms with Crippen molar-refractivity contribution in [2.45, 2.75) is 0 Å². The molecule has 10 heteroatoms. The van der Waals surface area contributed by atoms with Crippen molar-refractivity contribution in [3.63, 3.8) is 0 Å². The van der Waals surface area contributed by atoms with Crippen LogP contribution in [0.15, 0.2) is 40.8 Å². The van der Waals surface area contributed by atoms with Gasteiger partial charge in [-0.05, 0) is 24.3 Å². The van der Waals surface area contributed by atoms with E-state index in [2.05, 4.69) is 4.98 Å². The van der Waals surface area contributed by atoms with Crippen LogP contribution in [0.2, 0.25) is 5.02 Å². The van der Waals surface area contributed by atoms with Gasteiger partial charge in [-0.2, -0.15) is 0 Å². The summed E-state index contributed by atoms with van der Waals surface area (Å²) < 4.78 is 16.4. The van der Waals surface area contributed by atoms with E-state index in [0.717, 1.165) is 17.4 Å². The Morgan fingerprint density at radius 3 is 2.58 bits per heavy atom. The summed E-state index contributed by atoms with van der Waals surface area (Å²) in [5.74, 6) is -0.365. The lowest BCUT2D eigenvalue weighted by Crippen LogP contribution is -2.02. The molecule has 0 amide bonds. The summed E-state index contributed by atoms with van der Waals surface area (Å²) in [7, 11) is -4.54. The molecule has 0 atom stereocenters. The molecule has 0 bridgehead atoms. The molecule has 4 N–H and O–H groups in total. The predicted molar refractivity (Wildman–Crippen MR) is 90.8 cm³/mol. The number of hydrogen-bond donors (Lipinski definition) is 3. The lowest BCUT2D eigenvalue weighted by molar-refractivity contribution is 0.104. The largest absolute Gasteiger partial charge is 0.446 e. The Morgan fingerprint density at radius 2 is 1.96 bits per heavy atom. The lowest BCUT2D eigenvalue weighted by atomic mass is 10.1. The molecule has 24 heavy (non-hydrogen) atoms. The average molecular weight is 385 g/mol. The molecular formula is C14H10ClN2O5PS. The van der Waals surface area contributed by atoms with Crippen molar-refractivity contribution in [3.8, 4) is 11.5 Å². The Kier molecular flexibility index (Phi) is 4.33. The van der Waals surface area contributed by atoms with E-state index in [1.54, 1.807) is 24.3 Å². The Hall–Kier alpha value is -1.96. The topological polar surface area (TPSA) is 127 Å². The highest BCUT2D eigenvalue weighted by Crippen LogP contribution is 2.38. The number of carbonyl (C=O) groups excluding carboxylic acids is 1. The van der Waals surface area contributed by atoms with Crippen LogP contribution in [0.3, 0.4) is 0 Å². The van der Waals surface area contributed by atoms with Crippen LogP contribution in [0.4, 0.5) is 5.13 Å². The Balaban J connectivity index is 2.09. The van der Waals surface area contributed by atoms with Crippen LogP contribution in [0.1, 0.15) is 15.2 Å². The second kappa shape index (κ2) is 6.16. The lowest BCUT2D eigenvalue weighted by Gasteiger charge is -2.02. The van der Waals surface area contributed by atoms with Gasteiger partial charge in [0.05, 0.1) is 5.02 Å². The first kappa shape index (κ1) is 16.9. The molecule has 1 aromatic carbocycles. The van der Waals surface area contributed by atoms with Gasteiger partial charge in [-0.25, -0.2) is 4.98 Å². The van der Waals surface area contributed by atoms with Crippen molar-refractivity contribution < 1.29 is 23.6 Å². The van der Waals surface area contributed by atoms with Gasteiger partial charge in [-0.3, -0.25) is 9.36 Å². The van der Waals surface area contributed by atoms with Crippen LogP contribution >= 0.6 is 30.5 Å². The summed E-state index contributed by atoms with van der Waals surface area (Å²) in [4.78, 5) is 35.2. The molecule has 0 fully saturated rings. The van der Waals surface area contributed by atoms with Crippen LogP contribution < -0.4 is 11.2 Å². The second-order valence-corrected chi connectivity index (χ2v) is 7.69. The van der Waals surface area contributed by atoms with E-state index < -0.39 is 18.9 Å². The van der Waals surface area contributed by atoms with E-state index in [0.29, 0.717) is 0 Å². The monoisotopic (exact) mass is 384 g/mol. The van der Waals surface area contributed by atoms with E-state index >= 15 is 0 Å². The third-order valence-electron chi connectivity index (χ3n) is 3.08. The van der Waals surface area contributed by atoms with E-state index in [1.807, 2.05) is 0 Å². The molecule has 0 radical (unpaired) electrons. The number of nitrogens with zero attached hydrogens (tertiary/aromatic N) is 1. The van der Waals surface area contributed by atoms with Gasteiger partial charge in [0.25, 0.3) is 0 Å². The van der Waals surface area contributed by atoms with Gasteiger partial charge in [-0.15, -0.1) is 0 Å². The summed E-state index contributed by atoms with van der Waals surface area (Å²) in [6.45, 7) is 0. The third-order valence-corrected chi connectivity index (χ3v) is 5.11. The number of nitrogen functional groups attached to an aromatic ring is 1. The van der Waals surface area contributed by atoms with Crippen molar-refractivity contribution in [1.82, 2.24) is 4.98 Å². The van der Waals surface area contributed by atoms with Crippen LogP contribution in [-0.2, 0) is 4.57 Å². The minimum atomic E-state index is -4.54. The second-order valence-electron chi connectivity index (χ2n) is 4.72. The molecule has 0 saturated carbocycles. The molecule has 2 heterocycles. The number of benzene rings is 1. The first-order chi connectivity index (χ1) is 11.3. The molecule has 0 aliphatic heterocycles. The zero-order chi connectivity index (χ0) is 17.5. The molecule has 0 aliphatic carbocycles. The van der Waals surface area contributed by atoms with E-state index in [4.69, 9.17) is 31.5 Å². The summed E-state index contributed by atoms with van der Waals surface area (Å²) in [6.07, 6.45) is 0. The number of furan rings is 1. The first-order valence-electron chi connectivity index (χ1n) is 6.49. The highest BCUT2D eigenvalue weighted by Gasteiger charge is 2.27. The minimum Gasteiger partial charge on any atom is -0.446 e. The molecular weight excluding hydrogens is 375 g/mol. The highest BCUT2D eigenvalue weighted by molar-refractivity contribution is 7.59. The molecule has 3 aromatic rings. The molecule has 0 unspecified atom stereocenters. The van der Waals surface area contributed by atoms with Gasteiger partial charge in [0.1, 0.15) is 10.6 Å². The molecule has 7 nitrogen and oxygen atoms in total. The maximum absolute atomic E-state index is 12.7. The normalized spacial score (nSPS) is 11.6. The van der Waals surface area contributed by atoms with Gasteiger partial charge in [0, 0.05) is 5.56 Å². The summed E-state index contributed by atoms with van der Waals surface area (Å²) in [5.41, 5.74) is 5.56. The van der Waals surface area contributed by atoms with Gasteiger partial charge < -0.3 is 19.9 Å². The van der Waals surface area contributed by atoms with E-state index in [-0.39, 0.29) is 32.0 Å². The number of anilines is 1. The molecule has 0 aliphatic rings. The van der Waals surface area contributed by atoms with Crippen LogP contribution in [0.5, 0.6) is 0 Å². The molecule has 2 aromatic heterocycles. The Bertz CT molecular complexity index is 977. The fraction of sp³-hybridized carbons (Fsp3) is 0. The van der Waals surface area contributed by atoms with Gasteiger partial charge >= 0.3 is 7.60 Å². The number of ketones is 1. The third kappa shape index (κ3) is 3.15. The number of rotatable bonds is 4. The van der Waals surface area contributed by atoms with Crippen molar-refractivity contribution in [2.75, 3.05) is 5.73 Å². The molecule has 0 spiro atoms. The average Bonchev–Trinajstić information content (AvgIpc) is 3.13.